The maximum Gasteiger partial charge on any atom is 0.0587 e. The van der Waals surface area contributed by atoms with Crippen LogP contribution in [-0.4, -0.2) is 25.8 Å². The van der Waals surface area contributed by atoms with Gasteiger partial charge in [0.1, 0.15) is 0 Å². The molecule has 0 heterocycles. The summed E-state index contributed by atoms with van der Waals surface area (Å²) in [5, 5.41) is 3.27. The summed E-state index contributed by atoms with van der Waals surface area (Å²) in [5.74, 6) is 0. The van der Waals surface area contributed by atoms with Gasteiger partial charge in [-0.3, -0.25) is 0 Å². The predicted molar refractivity (Wildman–Crippen MR) is 44.2 cm³/mol. The summed E-state index contributed by atoms with van der Waals surface area (Å²) in [4.78, 5) is 0. The lowest BCUT2D eigenvalue weighted by molar-refractivity contribution is 0.193. The van der Waals surface area contributed by atoms with Gasteiger partial charge in [-0.1, -0.05) is 6.08 Å². The highest BCUT2D eigenvalue weighted by Gasteiger charge is 2.09. The molecular formula is C8H17NO. The lowest BCUT2D eigenvalue weighted by Gasteiger charge is -2.21. The molecule has 0 aromatic carbocycles. The Balaban J connectivity index is 3.37. The Bertz CT molecular complexity index is 99.4. The number of methoxy groups -OCH3 is 1. The fourth-order valence-electron chi connectivity index (χ4n) is 0.547. The van der Waals surface area contributed by atoms with Crippen LogP contribution in [0.4, 0.5) is 0 Å². The predicted octanol–water partition coefficient (Wildman–Crippen LogP) is 1.19. The van der Waals surface area contributed by atoms with E-state index in [1.807, 2.05) is 6.08 Å². The van der Waals surface area contributed by atoms with Gasteiger partial charge in [0.25, 0.3) is 0 Å². The summed E-state index contributed by atoms with van der Waals surface area (Å²) in [7, 11) is 1.70. The molecule has 1 N–H and O–H groups in total. The van der Waals surface area contributed by atoms with Crippen LogP contribution in [0.5, 0.6) is 0 Å². The van der Waals surface area contributed by atoms with Crippen molar-refractivity contribution >= 4 is 0 Å². The van der Waals surface area contributed by atoms with Gasteiger partial charge in [0.15, 0.2) is 0 Å². The maximum atomic E-state index is 4.88. The Morgan fingerprint density at radius 1 is 1.60 bits per heavy atom. The van der Waals surface area contributed by atoms with Crippen LogP contribution in [0.25, 0.3) is 0 Å². The highest BCUT2D eigenvalue weighted by molar-refractivity contribution is 4.94. The SMILES string of the molecule is C=CC(C)(C)NCCOC. The van der Waals surface area contributed by atoms with Crippen molar-refractivity contribution in [3.05, 3.63) is 12.7 Å². The largest absolute Gasteiger partial charge is 0.383 e. The van der Waals surface area contributed by atoms with Crippen LogP contribution < -0.4 is 5.32 Å². The fraction of sp³-hybridized carbons (Fsp3) is 0.750. The van der Waals surface area contributed by atoms with E-state index in [4.69, 9.17) is 4.74 Å². The first kappa shape index (κ1) is 9.66. The molecule has 0 aliphatic rings. The van der Waals surface area contributed by atoms with Crippen LogP contribution >= 0.6 is 0 Å². The minimum atomic E-state index is 0.0263. The molecule has 0 radical (unpaired) electrons. The number of hydrogen-bond acceptors (Lipinski definition) is 2. The van der Waals surface area contributed by atoms with E-state index in [2.05, 4.69) is 25.7 Å². The number of nitrogens with one attached hydrogen (secondary N) is 1. The summed E-state index contributed by atoms with van der Waals surface area (Å²) in [6.07, 6.45) is 1.89. The van der Waals surface area contributed by atoms with E-state index in [9.17, 15) is 0 Å². The van der Waals surface area contributed by atoms with Gasteiger partial charge in [-0.25, -0.2) is 0 Å². The van der Waals surface area contributed by atoms with Crippen LogP contribution in [0.15, 0.2) is 12.7 Å². The van der Waals surface area contributed by atoms with Crippen molar-refractivity contribution in [2.75, 3.05) is 20.3 Å². The van der Waals surface area contributed by atoms with Gasteiger partial charge in [0.05, 0.1) is 6.61 Å². The van der Waals surface area contributed by atoms with Gasteiger partial charge in [0.2, 0.25) is 0 Å². The van der Waals surface area contributed by atoms with Crippen LogP contribution in [0, 0.1) is 0 Å². The first-order chi connectivity index (χ1) is 4.62. The van der Waals surface area contributed by atoms with E-state index >= 15 is 0 Å². The standard InChI is InChI=1S/C8H17NO/c1-5-8(2,3)9-6-7-10-4/h5,9H,1,6-7H2,2-4H3. The van der Waals surface area contributed by atoms with Gasteiger partial charge in [-0.15, -0.1) is 6.58 Å². The Hall–Kier alpha value is -0.340. The Kier molecular flexibility index (Phi) is 4.32. The molecule has 0 aromatic heterocycles. The van der Waals surface area contributed by atoms with E-state index in [1.54, 1.807) is 7.11 Å². The molecule has 10 heavy (non-hydrogen) atoms. The molecule has 0 aliphatic heterocycles. The third-order valence-electron chi connectivity index (χ3n) is 1.40. The number of hydrogen-bond donors (Lipinski definition) is 1. The van der Waals surface area contributed by atoms with Crippen molar-refractivity contribution < 1.29 is 4.74 Å². The van der Waals surface area contributed by atoms with Crippen molar-refractivity contribution in [3.8, 4) is 0 Å². The second-order valence-electron chi connectivity index (χ2n) is 2.85. The lowest BCUT2D eigenvalue weighted by Crippen LogP contribution is -2.38. The van der Waals surface area contributed by atoms with E-state index < -0.39 is 0 Å². The smallest absolute Gasteiger partial charge is 0.0587 e. The molecular weight excluding hydrogens is 126 g/mol. The maximum absolute atomic E-state index is 4.88. The molecule has 0 atom stereocenters. The van der Waals surface area contributed by atoms with Crippen LogP contribution in [0.3, 0.4) is 0 Å². The first-order valence-corrected chi connectivity index (χ1v) is 3.50. The molecule has 2 nitrogen and oxygen atoms in total. The molecule has 0 aliphatic carbocycles. The first-order valence-electron chi connectivity index (χ1n) is 3.50. The summed E-state index contributed by atoms with van der Waals surface area (Å²) in [6.45, 7) is 9.48. The molecule has 0 amide bonds. The Labute approximate surface area is 63.3 Å². The average molecular weight is 143 g/mol. The third-order valence-corrected chi connectivity index (χ3v) is 1.40. The van der Waals surface area contributed by atoms with Gasteiger partial charge in [0, 0.05) is 19.2 Å². The van der Waals surface area contributed by atoms with E-state index in [0.29, 0.717) is 0 Å². The second kappa shape index (κ2) is 4.47. The minimum Gasteiger partial charge on any atom is -0.383 e. The number of ether oxygens (including phenoxy) is 1. The third kappa shape index (κ3) is 4.53. The van der Waals surface area contributed by atoms with E-state index in [0.717, 1.165) is 13.2 Å². The normalized spacial score (nSPS) is 11.5. The molecule has 0 saturated carbocycles. The van der Waals surface area contributed by atoms with Crippen molar-refractivity contribution in [3.63, 3.8) is 0 Å². The summed E-state index contributed by atoms with van der Waals surface area (Å²) >= 11 is 0. The topological polar surface area (TPSA) is 21.3 Å². The highest BCUT2D eigenvalue weighted by Crippen LogP contribution is 2.00. The fourth-order valence-corrected chi connectivity index (χ4v) is 0.547. The number of rotatable bonds is 5. The van der Waals surface area contributed by atoms with Crippen molar-refractivity contribution in [1.82, 2.24) is 5.32 Å². The minimum absolute atomic E-state index is 0.0263. The molecule has 0 saturated heterocycles. The molecule has 0 unspecified atom stereocenters. The molecule has 60 valence electrons. The zero-order valence-corrected chi connectivity index (χ0v) is 7.11. The van der Waals surface area contributed by atoms with Crippen molar-refractivity contribution in [2.45, 2.75) is 19.4 Å². The molecule has 0 bridgehead atoms. The molecule has 2 heteroatoms. The molecule has 0 rings (SSSR count). The highest BCUT2D eigenvalue weighted by atomic mass is 16.5. The van der Waals surface area contributed by atoms with Gasteiger partial charge in [-0.2, -0.15) is 0 Å². The van der Waals surface area contributed by atoms with Crippen LogP contribution in [0.2, 0.25) is 0 Å². The van der Waals surface area contributed by atoms with Crippen LogP contribution in [-0.2, 0) is 4.74 Å². The van der Waals surface area contributed by atoms with E-state index in [-0.39, 0.29) is 5.54 Å². The monoisotopic (exact) mass is 143 g/mol. The van der Waals surface area contributed by atoms with E-state index in [1.165, 1.54) is 0 Å². The molecule has 0 aromatic rings. The van der Waals surface area contributed by atoms with Gasteiger partial charge >= 0.3 is 0 Å². The lowest BCUT2D eigenvalue weighted by atomic mass is 10.1. The second-order valence-corrected chi connectivity index (χ2v) is 2.85. The zero-order valence-electron chi connectivity index (χ0n) is 7.11. The summed E-state index contributed by atoms with van der Waals surface area (Å²) in [5.41, 5.74) is 0.0263. The van der Waals surface area contributed by atoms with Crippen molar-refractivity contribution in [1.29, 1.82) is 0 Å². The summed E-state index contributed by atoms with van der Waals surface area (Å²) in [6, 6.07) is 0. The molecule has 0 spiro atoms. The van der Waals surface area contributed by atoms with Gasteiger partial charge in [-0.05, 0) is 13.8 Å². The average Bonchev–Trinajstić information content (AvgIpc) is 1.89. The van der Waals surface area contributed by atoms with Gasteiger partial charge < -0.3 is 10.1 Å². The Morgan fingerprint density at radius 3 is 2.60 bits per heavy atom. The van der Waals surface area contributed by atoms with Crippen LogP contribution in [0.1, 0.15) is 13.8 Å². The Morgan fingerprint density at radius 2 is 2.20 bits per heavy atom. The molecule has 0 fully saturated rings. The zero-order chi connectivity index (χ0) is 8.04. The quantitative estimate of drug-likeness (QED) is 0.461. The summed E-state index contributed by atoms with van der Waals surface area (Å²) < 4.78 is 4.88. The van der Waals surface area contributed by atoms with Crippen molar-refractivity contribution in [2.24, 2.45) is 0 Å².